The van der Waals surface area contributed by atoms with E-state index in [9.17, 15) is 0 Å². The van der Waals surface area contributed by atoms with Crippen molar-refractivity contribution in [2.75, 3.05) is 0 Å². The van der Waals surface area contributed by atoms with Crippen molar-refractivity contribution < 1.29 is 50.3 Å². The van der Waals surface area contributed by atoms with Gasteiger partial charge in [-0.2, -0.15) is 22.9 Å². The first kappa shape index (κ1) is 35.8. The Morgan fingerprint density at radius 2 is 0.909 bits per heavy atom. The normalized spacial score (nSPS) is 11.0. The van der Waals surface area contributed by atoms with Crippen LogP contribution in [0.15, 0.2) is 140 Å². The van der Waals surface area contributed by atoms with Crippen molar-refractivity contribution in [3.05, 3.63) is 165 Å². The summed E-state index contributed by atoms with van der Waals surface area (Å²) in [6, 6.07) is 46.5. The van der Waals surface area contributed by atoms with Crippen LogP contribution in [0.3, 0.4) is 0 Å². The number of ether oxygens (including phenoxy) is 2. The standard InChI is InChI=1S/C44H23N7O2.2Pd/c1-6-28(38-22-30-8-3-16-45-40(30)26-49-38)20-32(10-1)52-34-12-14-36-37-15-13-35(25-43(37)51(42(36)24-34)44-47-18-5-19-48-44)53-33-11-2-7-29(21-33)39-23-31-9-4-17-46-41(31)27-50-39;;/h1-19,22-23,26-27H;;/q-4;2*+2. The summed E-state index contributed by atoms with van der Waals surface area (Å²) in [6.45, 7) is 0. The molecule has 0 amide bonds. The van der Waals surface area contributed by atoms with E-state index in [1.165, 1.54) is 0 Å². The van der Waals surface area contributed by atoms with E-state index in [0.717, 1.165) is 66.1 Å². The van der Waals surface area contributed by atoms with Gasteiger partial charge in [-0.05, 0) is 40.4 Å². The summed E-state index contributed by atoms with van der Waals surface area (Å²) >= 11 is 0. The average Bonchev–Trinajstić information content (AvgIpc) is 3.53. The summed E-state index contributed by atoms with van der Waals surface area (Å²) in [4.78, 5) is 27.1. The molecule has 0 aliphatic rings. The quantitative estimate of drug-likeness (QED) is 0.115. The summed E-state index contributed by atoms with van der Waals surface area (Å²) in [6.07, 6.45) is 10.5. The molecule has 10 aromatic rings. The number of pyridine rings is 4. The Bertz CT molecular complexity index is 2810. The molecule has 0 bridgehead atoms. The predicted molar refractivity (Wildman–Crippen MR) is 202 cm³/mol. The molecule has 11 heteroatoms. The van der Waals surface area contributed by atoms with E-state index in [0.29, 0.717) is 28.9 Å². The van der Waals surface area contributed by atoms with E-state index in [1.54, 1.807) is 43.2 Å². The molecule has 6 aromatic heterocycles. The number of benzene rings is 4. The van der Waals surface area contributed by atoms with Crippen LogP contribution in [0, 0.1) is 24.3 Å². The fraction of sp³-hybridized carbons (Fsp3) is 0. The van der Waals surface area contributed by atoms with Crippen molar-refractivity contribution in [1.29, 1.82) is 0 Å². The van der Waals surface area contributed by atoms with Crippen molar-refractivity contribution in [3.63, 3.8) is 0 Å². The van der Waals surface area contributed by atoms with E-state index in [4.69, 9.17) is 9.47 Å². The van der Waals surface area contributed by atoms with Gasteiger partial charge in [-0.3, -0.25) is 9.97 Å². The molecule has 10 rings (SSSR count). The van der Waals surface area contributed by atoms with E-state index in [2.05, 4.69) is 54.2 Å². The molecule has 266 valence electrons. The predicted octanol–water partition coefficient (Wildman–Crippen LogP) is 9.57. The molecule has 55 heavy (non-hydrogen) atoms. The van der Waals surface area contributed by atoms with Gasteiger partial charge >= 0.3 is 40.8 Å². The number of hydrogen-bond acceptors (Lipinski definition) is 8. The van der Waals surface area contributed by atoms with Crippen LogP contribution in [0.1, 0.15) is 0 Å². The minimum atomic E-state index is 0. The molecule has 4 aromatic carbocycles. The molecule has 0 atom stereocenters. The molecule has 0 aliphatic carbocycles. The van der Waals surface area contributed by atoms with E-state index < -0.39 is 0 Å². The largest absolute Gasteiger partial charge is 2.00 e. The van der Waals surface area contributed by atoms with Gasteiger partial charge in [0.15, 0.2) is 0 Å². The van der Waals surface area contributed by atoms with Crippen LogP contribution in [-0.4, -0.2) is 34.5 Å². The number of rotatable bonds is 7. The molecule has 0 saturated heterocycles. The molecular weight excluding hydrogens is 871 g/mol. The van der Waals surface area contributed by atoms with Crippen LogP contribution >= 0.6 is 0 Å². The van der Waals surface area contributed by atoms with Crippen molar-refractivity contribution in [2.45, 2.75) is 0 Å². The molecule has 0 spiro atoms. The topological polar surface area (TPSA) is 101 Å². The summed E-state index contributed by atoms with van der Waals surface area (Å²) < 4.78 is 14.6. The van der Waals surface area contributed by atoms with Gasteiger partial charge in [-0.15, -0.1) is 71.8 Å². The van der Waals surface area contributed by atoms with Crippen molar-refractivity contribution in [2.24, 2.45) is 0 Å². The fourth-order valence-corrected chi connectivity index (χ4v) is 6.35. The average molecular weight is 895 g/mol. The van der Waals surface area contributed by atoms with E-state index in [-0.39, 0.29) is 40.8 Å². The van der Waals surface area contributed by atoms with Crippen LogP contribution in [0.2, 0.25) is 0 Å². The van der Waals surface area contributed by atoms with Crippen LogP contribution in [0.4, 0.5) is 0 Å². The van der Waals surface area contributed by atoms with Gasteiger partial charge in [0.1, 0.15) is 0 Å². The van der Waals surface area contributed by atoms with Gasteiger partial charge in [-0.1, -0.05) is 47.4 Å². The second-order valence-electron chi connectivity index (χ2n) is 12.1. The third-order valence-electron chi connectivity index (χ3n) is 8.79. The summed E-state index contributed by atoms with van der Waals surface area (Å²) in [5, 5.41) is 3.86. The number of nitrogens with zero attached hydrogens (tertiary/aromatic N) is 7. The zero-order valence-electron chi connectivity index (χ0n) is 28.4. The number of aromatic nitrogens is 7. The molecule has 6 heterocycles. The first-order chi connectivity index (χ1) is 26.2. The summed E-state index contributed by atoms with van der Waals surface area (Å²) in [5.41, 5.74) is 6.27. The zero-order chi connectivity index (χ0) is 35.1. The molecule has 9 nitrogen and oxygen atoms in total. The number of hydrogen-bond donors (Lipinski definition) is 0. The molecule has 0 saturated carbocycles. The van der Waals surface area contributed by atoms with Gasteiger partial charge in [0.25, 0.3) is 0 Å². The first-order valence-corrected chi connectivity index (χ1v) is 16.7. The first-order valence-electron chi connectivity index (χ1n) is 16.7. The Balaban J connectivity index is 0.00000214. The van der Waals surface area contributed by atoms with Gasteiger partial charge in [0.05, 0.1) is 11.0 Å². The minimum absolute atomic E-state index is 0. The van der Waals surface area contributed by atoms with Crippen molar-refractivity contribution in [1.82, 2.24) is 34.5 Å². The van der Waals surface area contributed by atoms with E-state index >= 15 is 0 Å². The molecule has 0 radical (unpaired) electrons. The van der Waals surface area contributed by atoms with Crippen LogP contribution in [-0.2, 0) is 40.8 Å². The van der Waals surface area contributed by atoms with Crippen LogP contribution < -0.4 is 9.47 Å². The third kappa shape index (κ3) is 6.99. The Labute approximate surface area is 342 Å². The monoisotopic (exact) mass is 893 g/mol. The molecule has 0 aliphatic heterocycles. The minimum Gasteiger partial charge on any atom is -0.503 e. The Kier molecular flexibility index (Phi) is 9.95. The van der Waals surface area contributed by atoms with Crippen molar-refractivity contribution >= 4 is 43.6 Å². The van der Waals surface area contributed by atoms with Gasteiger partial charge in [0.2, 0.25) is 5.95 Å². The number of fused-ring (bicyclic) bond motifs is 5. The van der Waals surface area contributed by atoms with Crippen molar-refractivity contribution in [3.8, 4) is 51.5 Å². The van der Waals surface area contributed by atoms with Crippen LogP contribution in [0.5, 0.6) is 23.0 Å². The van der Waals surface area contributed by atoms with Gasteiger partial charge < -0.3 is 24.0 Å². The molecule has 0 fully saturated rings. The van der Waals surface area contributed by atoms with E-state index in [1.807, 2.05) is 102 Å². The summed E-state index contributed by atoms with van der Waals surface area (Å²) in [5.74, 6) is 2.53. The maximum Gasteiger partial charge on any atom is 2.00 e. The van der Waals surface area contributed by atoms with Gasteiger partial charge in [0, 0.05) is 60.2 Å². The maximum absolute atomic E-state index is 6.34. The fourth-order valence-electron chi connectivity index (χ4n) is 6.35. The molecular formula is C44H23N7O2Pd2. The zero-order valence-corrected chi connectivity index (χ0v) is 31.5. The smallest absolute Gasteiger partial charge is 0.503 e. The second kappa shape index (κ2) is 15.3. The SMILES string of the molecule is [Pd+2].[Pd+2].[c-]1c(Oc2[c-]c3c(cc2)c2ccc(Oc4[c-]c(-c5cc6cccnc6cn5)ccc4)[c-]c2n3-c2ncccn2)cccc1-c1cc2cccnc2cn1. The third-order valence-corrected chi connectivity index (χ3v) is 8.79. The molecule has 0 unspecified atom stereocenters. The second-order valence-corrected chi connectivity index (χ2v) is 12.1. The Morgan fingerprint density at radius 3 is 1.42 bits per heavy atom. The maximum atomic E-state index is 6.34. The summed E-state index contributed by atoms with van der Waals surface area (Å²) in [7, 11) is 0. The Hall–Kier alpha value is -6.20. The van der Waals surface area contributed by atoms with Crippen LogP contribution in [0.25, 0.3) is 72.1 Å². The Morgan fingerprint density at radius 1 is 0.436 bits per heavy atom. The van der Waals surface area contributed by atoms with Gasteiger partial charge in [-0.25, -0.2) is 9.97 Å². The molecule has 0 N–H and O–H groups in total.